The van der Waals surface area contributed by atoms with E-state index < -0.39 is 10.9 Å². The molecule has 6 nitrogen and oxygen atoms in total. The zero-order chi connectivity index (χ0) is 17.1. The Morgan fingerprint density at radius 1 is 1.33 bits per heavy atom. The molecule has 0 unspecified atom stereocenters. The fourth-order valence-electron chi connectivity index (χ4n) is 1.89. The average Bonchev–Trinajstić information content (AvgIpc) is 3.24. The molecular formula is C15H9ClN2O4S2. The van der Waals surface area contributed by atoms with Crippen LogP contribution in [-0.2, 0) is 11.3 Å². The molecule has 0 atom stereocenters. The lowest BCUT2D eigenvalue weighted by molar-refractivity contribution is -0.384. The van der Waals surface area contributed by atoms with Crippen molar-refractivity contribution in [1.29, 1.82) is 0 Å². The van der Waals surface area contributed by atoms with Crippen LogP contribution in [0.2, 0.25) is 5.02 Å². The molecule has 0 radical (unpaired) electrons. The second-order valence-corrected chi connectivity index (χ2v) is 6.83. The number of nitrogens with zero attached hydrogens (tertiary/aromatic N) is 2. The average molecular weight is 381 g/mol. The number of benzene rings is 1. The number of carbonyl (C=O) groups excluding carboxylic acids is 1. The summed E-state index contributed by atoms with van der Waals surface area (Å²) >= 11 is 8.76. The molecule has 0 saturated heterocycles. The topological polar surface area (TPSA) is 82.3 Å². The summed E-state index contributed by atoms with van der Waals surface area (Å²) in [5.41, 5.74) is 0.361. The van der Waals surface area contributed by atoms with Crippen LogP contribution in [0.25, 0.3) is 9.88 Å². The van der Waals surface area contributed by atoms with E-state index in [1.807, 2.05) is 22.9 Å². The smallest absolute Gasteiger partial charge is 0.338 e. The second kappa shape index (κ2) is 7.08. The number of thiophene rings is 1. The van der Waals surface area contributed by atoms with Crippen LogP contribution < -0.4 is 0 Å². The number of carbonyl (C=O) groups is 1. The van der Waals surface area contributed by atoms with Crippen molar-refractivity contribution in [2.75, 3.05) is 0 Å². The zero-order valence-corrected chi connectivity index (χ0v) is 14.4. The monoisotopic (exact) mass is 380 g/mol. The van der Waals surface area contributed by atoms with E-state index in [9.17, 15) is 14.9 Å². The summed E-state index contributed by atoms with van der Waals surface area (Å²) in [6.07, 6.45) is 0. The molecule has 0 aliphatic heterocycles. The van der Waals surface area contributed by atoms with Gasteiger partial charge in [-0.1, -0.05) is 17.7 Å². The van der Waals surface area contributed by atoms with Gasteiger partial charge >= 0.3 is 5.97 Å². The highest BCUT2D eigenvalue weighted by atomic mass is 35.5. The van der Waals surface area contributed by atoms with Crippen molar-refractivity contribution in [2.24, 2.45) is 0 Å². The number of rotatable bonds is 5. The first kappa shape index (κ1) is 16.6. The Labute approximate surface area is 149 Å². The molecule has 0 aliphatic carbocycles. The predicted octanol–water partition coefficient (Wildman–Crippen LogP) is 4.79. The minimum atomic E-state index is -0.666. The van der Waals surface area contributed by atoms with Gasteiger partial charge in [0.25, 0.3) is 5.69 Å². The van der Waals surface area contributed by atoms with E-state index in [4.69, 9.17) is 16.3 Å². The maximum absolute atomic E-state index is 12.0. The van der Waals surface area contributed by atoms with Crippen molar-refractivity contribution in [3.8, 4) is 9.88 Å². The Morgan fingerprint density at radius 2 is 2.17 bits per heavy atom. The van der Waals surface area contributed by atoms with Crippen LogP contribution in [0.1, 0.15) is 16.1 Å². The first-order chi connectivity index (χ1) is 11.5. The highest BCUT2D eigenvalue weighted by Crippen LogP contribution is 2.28. The van der Waals surface area contributed by atoms with Crippen LogP contribution in [-0.4, -0.2) is 15.9 Å². The molecule has 0 N–H and O–H groups in total. The maximum Gasteiger partial charge on any atom is 0.338 e. The number of nitro benzene ring substituents is 1. The number of aromatic nitrogens is 1. The fourth-order valence-corrected chi connectivity index (χ4v) is 3.69. The first-order valence-corrected chi connectivity index (χ1v) is 8.77. The minimum absolute atomic E-state index is 0.00284. The van der Waals surface area contributed by atoms with Crippen molar-refractivity contribution in [2.45, 2.75) is 6.61 Å². The van der Waals surface area contributed by atoms with Gasteiger partial charge in [0.1, 0.15) is 16.6 Å². The van der Waals surface area contributed by atoms with E-state index in [1.165, 1.54) is 23.5 Å². The summed E-state index contributed by atoms with van der Waals surface area (Å²) in [5.74, 6) is -0.666. The molecule has 0 spiro atoms. The van der Waals surface area contributed by atoms with Crippen LogP contribution in [0, 0.1) is 10.1 Å². The van der Waals surface area contributed by atoms with Gasteiger partial charge in [-0.15, -0.1) is 22.7 Å². The first-order valence-electron chi connectivity index (χ1n) is 6.64. The Morgan fingerprint density at radius 3 is 2.88 bits per heavy atom. The van der Waals surface area contributed by atoms with Gasteiger partial charge in [-0.2, -0.15) is 0 Å². The minimum Gasteiger partial charge on any atom is -0.456 e. The molecule has 3 aromatic rings. The van der Waals surface area contributed by atoms with Gasteiger partial charge < -0.3 is 4.74 Å². The number of nitro groups is 1. The van der Waals surface area contributed by atoms with Crippen LogP contribution >= 0.6 is 34.3 Å². The summed E-state index contributed by atoms with van der Waals surface area (Å²) in [6.45, 7) is -0.00284. The van der Waals surface area contributed by atoms with Crippen LogP contribution in [0.4, 0.5) is 5.69 Å². The standard InChI is InChI=1S/C15H9ClN2O4S2/c16-11-4-3-9(6-12(11)18(20)21)15(19)22-7-10-8-24-14(17-10)13-2-1-5-23-13/h1-6,8H,7H2. The number of hydrogen-bond donors (Lipinski definition) is 0. The molecule has 0 bridgehead atoms. The van der Waals surface area contributed by atoms with E-state index in [2.05, 4.69) is 4.98 Å². The molecule has 0 amide bonds. The third-order valence-corrected chi connectivity index (χ3v) is 5.26. The third-order valence-electron chi connectivity index (χ3n) is 3.01. The Balaban J connectivity index is 1.68. The molecule has 2 heterocycles. The Hall–Kier alpha value is -2.29. The molecular weight excluding hydrogens is 372 g/mol. The third kappa shape index (κ3) is 3.61. The molecule has 0 fully saturated rings. The molecule has 2 aromatic heterocycles. The predicted molar refractivity (Wildman–Crippen MR) is 92.7 cm³/mol. The quantitative estimate of drug-likeness (QED) is 0.361. The fraction of sp³-hybridized carbons (Fsp3) is 0.0667. The summed E-state index contributed by atoms with van der Waals surface area (Å²) in [4.78, 5) is 27.7. The second-order valence-electron chi connectivity index (χ2n) is 4.62. The molecule has 3 rings (SSSR count). The molecule has 1 aromatic carbocycles. The van der Waals surface area contributed by atoms with E-state index in [0.717, 1.165) is 16.0 Å². The lowest BCUT2D eigenvalue weighted by Gasteiger charge is -2.03. The summed E-state index contributed by atoms with van der Waals surface area (Å²) in [5, 5.41) is 15.5. The SMILES string of the molecule is O=C(OCc1csc(-c2cccs2)n1)c1ccc(Cl)c([N+](=O)[O-])c1. The number of ether oxygens (including phenoxy) is 1. The van der Waals surface area contributed by atoms with Crippen LogP contribution in [0.15, 0.2) is 41.1 Å². The molecule has 0 aliphatic rings. The number of thiazole rings is 1. The van der Waals surface area contributed by atoms with Crippen molar-refractivity contribution < 1.29 is 14.5 Å². The van der Waals surface area contributed by atoms with Gasteiger partial charge in [-0.25, -0.2) is 9.78 Å². The summed E-state index contributed by atoms with van der Waals surface area (Å²) in [6, 6.07) is 7.69. The zero-order valence-electron chi connectivity index (χ0n) is 12.0. The van der Waals surface area contributed by atoms with Crippen molar-refractivity contribution in [3.05, 3.63) is 67.5 Å². The van der Waals surface area contributed by atoms with Gasteiger partial charge in [0.15, 0.2) is 0 Å². The van der Waals surface area contributed by atoms with E-state index >= 15 is 0 Å². The highest BCUT2D eigenvalue weighted by molar-refractivity contribution is 7.20. The van der Waals surface area contributed by atoms with Crippen molar-refractivity contribution >= 4 is 45.9 Å². The number of halogens is 1. The molecule has 122 valence electrons. The van der Waals surface area contributed by atoms with Crippen molar-refractivity contribution in [3.63, 3.8) is 0 Å². The van der Waals surface area contributed by atoms with Gasteiger partial charge in [0.05, 0.1) is 21.1 Å². The van der Waals surface area contributed by atoms with Crippen LogP contribution in [0.3, 0.4) is 0 Å². The molecule has 9 heteroatoms. The lowest BCUT2D eigenvalue weighted by Crippen LogP contribution is -2.06. The number of esters is 1. The molecule has 0 saturated carbocycles. The highest BCUT2D eigenvalue weighted by Gasteiger charge is 2.17. The normalized spacial score (nSPS) is 10.5. The van der Waals surface area contributed by atoms with Gasteiger partial charge in [0.2, 0.25) is 0 Å². The lowest BCUT2D eigenvalue weighted by atomic mass is 10.2. The van der Waals surface area contributed by atoms with Crippen molar-refractivity contribution in [1.82, 2.24) is 4.98 Å². The largest absolute Gasteiger partial charge is 0.456 e. The van der Waals surface area contributed by atoms with Gasteiger partial charge in [-0.3, -0.25) is 10.1 Å². The van der Waals surface area contributed by atoms with E-state index in [-0.39, 0.29) is 22.9 Å². The Kier molecular flexibility index (Phi) is 4.89. The molecule has 24 heavy (non-hydrogen) atoms. The van der Waals surface area contributed by atoms with E-state index in [0.29, 0.717) is 5.69 Å². The van der Waals surface area contributed by atoms with Crippen LogP contribution in [0.5, 0.6) is 0 Å². The summed E-state index contributed by atoms with van der Waals surface area (Å²) < 4.78 is 5.16. The maximum atomic E-state index is 12.0. The Bertz CT molecular complexity index is 893. The number of hydrogen-bond acceptors (Lipinski definition) is 7. The van der Waals surface area contributed by atoms with E-state index in [1.54, 1.807) is 11.3 Å². The van der Waals surface area contributed by atoms with Gasteiger partial charge in [-0.05, 0) is 23.6 Å². The summed E-state index contributed by atoms with van der Waals surface area (Å²) in [7, 11) is 0. The van der Waals surface area contributed by atoms with Gasteiger partial charge in [0, 0.05) is 11.4 Å².